The van der Waals surface area contributed by atoms with Gasteiger partial charge in [0.2, 0.25) is 13.3 Å². The van der Waals surface area contributed by atoms with E-state index in [2.05, 4.69) is 144 Å². The van der Waals surface area contributed by atoms with E-state index in [4.69, 9.17) is 29.9 Å². The molecule has 348 valence electrons. The summed E-state index contributed by atoms with van der Waals surface area (Å²) in [7, 11) is -1.04. The number of rotatable bonds is 35. The monoisotopic (exact) mass is 950 g/mol. The second-order valence-corrected chi connectivity index (χ2v) is 30.2. The number of hydrogen-bond donors (Lipinski definition) is 1. The molecule has 1 aliphatic heterocycles. The van der Waals surface area contributed by atoms with E-state index in [-0.39, 0.29) is 21.1 Å². The number of para-hydroxylation sites is 1. The van der Waals surface area contributed by atoms with Crippen LogP contribution in [-0.2, 0) is 36.6 Å². The van der Waals surface area contributed by atoms with Crippen molar-refractivity contribution < 1.29 is 18.1 Å². The second kappa shape index (κ2) is 26.0. The lowest BCUT2D eigenvalue weighted by atomic mass is 9.55. The summed E-state index contributed by atoms with van der Waals surface area (Å²) >= 11 is 11.7. The van der Waals surface area contributed by atoms with Crippen LogP contribution in [0.3, 0.4) is 0 Å². The molecule has 0 radical (unpaired) electrons. The summed E-state index contributed by atoms with van der Waals surface area (Å²) in [5.74, 6) is 1.51. The zero-order chi connectivity index (χ0) is 44.5. The first kappa shape index (κ1) is 54.8. The molecule has 2 heterocycles. The van der Waals surface area contributed by atoms with Crippen molar-refractivity contribution in [2.75, 3.05) is 64.4 Å². The Morgan fingerprint density at radius 1 is 0.833 bits per heavy atom. The van der Waals surface area contributed by atoms with E-state index < -0.39 is 13.3 Å². The first-order valence-electron chi connectivity index (χ1n) is 22.7. The van der Waals surface area contributed by atoms with Crippen molar-refractivity contribution in [1.82, 2.24) is 30.1 Å². The summed E-state index contributed by atoms with van der Waals surface area (Å²) < 4.78 is 27.9. The smallest absolute Gasteiger partial charge is 0.248 e. The van der Waals surface area contributed by atoms with Crippen LogP contribution in [0.15, 0.2) is 24.3 Å². The van der Waals surface area contributed by atoms with Gasteiger partial charge < -0.3 is 23.4 Å². The molecule has 0 aliphatic carbocycles. The molecular weight excluding hydrogens is 867 g/mol. The summed E-state index contributed by atoms with van der Waals surface area (Å²) in [6.07, 6.45) is 9.56. The predicted octanol–water partition coefficient (Wildman–Crippen LogP) is 13.2. The van der Waals surface area contributed by atoms with Gasteiger partial charge in [0, 0.05) is 41.2 Å². The molecule has 1 N–H and O–H groups in total. The molecule has 0 bridgehead atoms. The zero-order valence-corrected chi connectivity index (χ0v) is 44.9. The molecule has 3 rings (SSSR count). The highest BCUT2D eigenvalue weighted by Crippen LogP contribution is 2.69. The van der Waals surface area contributed by atoms with Crippen LogP contribution in [0, 0.1) is 10.8 Å². The Kier molecular flexibility index (Phi) is 23.7. The van der Waals surface area contributed by atoms with Gasteiger partial charge in [-0.2, -0.15) is 0 Å². The van der Waals surface area contributed by atoms with Crippen molar-refractivity contribution in [2.45, 2.75) is 169 Å². The van der Waals surface area contributed by atoms with E-state index in [9.17, 15) is 0 Å². The van der Waals surface area contributed by atoms with Crippen LogP contribution in [0.4, 0.5) is 0 Å². The number of unbranched alkanes of at least 4 members (excludes halogenated alkanes) is 4. The summed E-state index contributed by atoms with van der Waals surface area (Å²) in [5, 5.41) is 13.0. The summed E-state index contributed by atoms with van der Waals surface area (Å²) in [5.41, 5.74) is -0.651. The largest absolute Gasteiger partial charge is 0.326 e. The van der Waals surface area contributed by atoms with Crippen molar-refractivity contribution >= 4 is 70.6 Å². The van der Waals surface area contributed by atoms with Crippen LogP contribution in [0.25, 0.3) is 11.0 Å². The van der Waals surface area contributed by atoms with Gasteiger partial charge in [-0.1, -0.05) is 121 Å². The number of nitrogens with zero attached hydrogens (tertiary/aromatic N) is 5. The molecule has 1 saturated heterocycles. The van der Waals surface area contributed by atoms with Gasteiger partial charge in [0.1, 0.15) is 5.52 Å². The third-order valence-corrected chi connectivity index (χ3v) is 23.3. The second-order valence-electron chi connectivity index (χ2n) is 18.6. The highest BCUT2D eigenvalue weighted by molar-refractivity contribution is 8.67. The van der Waals surface area contributed by atoms with E-state index in [1.807, 2.05) is 12.1 Å². The van der Waals surface area contributed by atoms with Crippen LogP contribution in [0.2, 0.25) is 0 Å². The van der Waals surface area contributed by atoms with Crippen LogP contribution in [-0.4, -0.2) is 104 Å². The van der Waals surface area contributed by atoms with Crippen molar-refractivity contribution in [3.8, 4) is 0 Å². The van der Waals surface area contributed by atoms with Crippen molar-refractivity contribution in [3.05, 3.63) is 24.3 Å². The number of aromatic nitrogens is 3. The maximum Gasteiger partial charge on any atom is 0.248 e. The van der Waals surface area contributed by atoms with Gasteiger partial charge in [-0.25, -0.2) is 4.68 Å². The molecule has 0 spiro atoms. The summed E-state index contributed by atoms with van der Waals surface area (Å²) in [6, 6.07) is 8.29. The Morgan fingerprint density at radius 3 is 1.95 bits per heavy atom. The normalized spacial score (nSPS) is 17.5. The van der Waals surface area contributed by atoms with Crippen LogP contribution in [0.1, 0.15) is 148 Å². The minimum Gasteiger partial charge on any atom is -0.326 e. The number of hydrogen-bond acceptors (Lipinski definition) is 13. The highest BCUT2D eigenvalue weighted by Gasteiger charge is 2.63. The van der Waals surface area contributed by atoms with Gasteiger partial charge in [-0.3, -0.25) is 9.80 Å². The van der Waals surface area contributed by atoms with Gasteiger partial charge in [0.25, 0.3) is 0 Å². The molecule has 0 saturated carbocycles. The van der Waals surface area contributed by atoms with E-state index in [1.54, 1.807) is 22.8 Å². The lowest BCUT2D eigenvalue weighted by Crippen LogP contribution is -2.61. The number of benzene rings is 1. The van der Waals surface area contributed by atoms with Crippen molar-refractivity contribution in [3.63, 3.8) is 0 Å². The number of fused-ring (bicyclic) bond motifs is 1. The maximum atomic E-state index is 6.34. The summed E-state index contributed by atoms with van der Waals surface area (Å²) in [4.78, 5) is 5.09. The van der Waals surface area contributed by atoms with Crippen molar-refractivity contribution in [1.29, 1.82) is 0 Å². The van der Waals surface area contributed by atoms with Crippen molar-refractivity contribution in [2.24, 2.45) is 10.8 Å². The Balaban J connectivity index is 1.78. The Hall–Kier alpha value is 0.470. The molecule has 1 atom stereocenters. The third-order valence-electron chi connectivity index (χ3n) is 13.0. The Bertz CT molecular complexity index is 1550. The molecule has 1 aromatic heterocycles. The molecule has 2 aromatic rings. The fourth-order valence-electron chi connectivity index (χ4n) is 7.24. The van der Waals surface area contributed by atoms with Crippen LogP contribution < -0.4 is 5.32 Å². The average molecular weight is 951 g/mol. The van der Waals surface area contributed by atoms with E-state index in [1.165, 1.54) is 0 Å². The maximum absolute atomic E-state index is 6.34. The topological polar surface area (TPSA) is 86.1 Å². The molecule has 1 aliphatic rings. The first-order valence-corrected chi connectivity index (χ1v) is 30.5. The highest BCUT2D eigenvalue weighted by atomic mass is 32.9. The lowest BCUT2D eigenvalue weighted by molar-refractivity contribution is -0.0827. The Labute approximate surface area is 385 Å². The molecular formula is C44H84N6O4P2S4. The molecule has 1 fully saturated rings. The average Bonchev–Trinajstić information content (AvgIpc) is 3.45. The molecule has 16 heteroatoms. The standard InChI is InChI=1S/C44H84N6O4P2S4/c1-14-18-30-51-55(52-31-19-15-2)58-36-48(37-59-56(57,53-32-20-16-3)54-33-21-17-4)28-26-45-27-29-49(35-50-39-25-23-22-24-38(39)46-47-50)42(9,10)41(7,8)40(5,6)34-44(13)43(11,12)60-44/h22-25,45H,14-21,26-37H2,1-13H3. The molecule has 1 unspecified atom stereocenters. The minimum absolute atomic E-state index is 0.0428. The quantitative estimate of drug-likeness (QED) is 0.0308. The first-order chi connectivity index (χ1) is 28.3. The molecule has 1 aromatic carbocycles. The fourth-order valence-corrected chi connectivity index (χ4v) is 16.0. The zero-order valence-electron chi connectivity index (χ0n) is 39.8. The molecule has 0 amide bonds. The van der Waals surface area contributed by atoms with Gasteiger partial charge >= 0.3 is 0 Å². The van der Waals surface area contributed by atoms with E-state index in [0.29, 0.717) is 24.6 Å². The van der Waals surface area contributed by atoms with Crippen LogP contribution >= 0.6 is 47.8 Å². The minimum atomic E-state index is -2.49. The Morgan fingerprint density at radius 2 is 1.38 bits per heavy atom. The number of thioether (sulfide) groups is 1. The van der Waals surface area contributed by atoms with E-state index in [0.717, 1.165) is 120 Å². The lowest BCUT2D eigenvalue weighted by Gasteiger charge is -2.57. The van der Waals surface area contributed by atoms with Gasteiger partial charge in [-0.05, 0) is 101 Å². The summed E-state index contributed by atoms with van der Waals surface area (Å²) in [6.45, 7) is 37.6. The van der Waals surface area contributed by atoms with Gasteiger partial charge in [-0.15, -0.1) is 16.9 Å². The fraction of sp³-hybridized carbons (Fsp3) is 0.864. The predicted molar refractivity (Wildman–Crippen MR) is 270 cm³/mol. The molecule has 60 heavy (non-hydrogen) atoms. The van der Waals surface area contributed by atoms with Gasteiger partial charge in [0.15, 0.2) is 0 Å². The SMILES string of the molecule is CCCCOP(OCCCC)SCN(CCNCCN(Cn1nnc2ccccc21)C(C)(C)C(C)(C)C(C)(C)CC1(C)SC1(C)C)CSP(=S)(OCCCC)OCCCC. The third kappa shape index (κ3) is 16.4. The van der Waals surface area contributed by atoms with Gasteiger partial charge in [0.05, 0.1) is 50.4 Å². The molecule has 10 nitrogen and oxygen atoms in total. The van der Waals surface area contributed by atoms with E-state index >= 15 is 0 Å². The number of nitrogens with one attached hydrogen (secondary N) is 1. The van der Waals surface area contributed by atoms with Crippen LogP contribution in [0.5, 0.6) is 0 Å².